The van der Waals surface area contributed by atoms with Gasteiger partial charge in [-0.15, -0.1) is 0 Å². The van der Waals surface area contributed by atoms with E-state index < -0.39 is 6.10 Å². The molecule has 0 spiro atoms. The first kappa shape index (κ1) is 20.3. The largest absolute Gasteiger partial charge is 0.492 e. The topological polar surface area (TPSA) is 79.9 Å². The smallest absolute Gasteiger partial charge is 0.323 e. The van der Waals surface area contributed by atoms with E-state index in [-0.39, 0.29) is 11.9 Å². The second-order valence-corrected chi connectivity index (χ2v) is 7.04. The lowest BCUT2D eigenvalue weighted by atomic mass is 10.1. The van der Waals surface area contributed by atoms with Crippen molar-refractivity contribution < 1.29 is 19.1 Å². The number of rotatable bonds is 6. The molecular formula is C24H23N3O4. The van der Waals surface area contributed by atoms with Crippen molar-refractivity contribution in [3.05, 3.63) is 78.9 Å². The quantitative estimate of drug-likeness (QED) is 0.618. The molecule has 158 valence electrons. The summed E-state index contributed by atoms with van der Waals surface area (Å²) >= 11 is 0. The van der Waals surface area contributed by atoms with Crippen LogP contribution in [0.5, 0.6) is 11.5 Å². The number of nitrogens with one attached hydrogen (secondary N) is 2. The molecule has 0 radical (unpaired) electrons. The highest BCUT2D eigenvalue weighted by Crippen LogP contribution is 2.36. The Morgan fingerprint density at radius 1 is 0.968 bits per heavy atom. The molecule has 1 heterocycles. The third-order valence-corrected chi connectivity index (χ3v) is 4.78. The number of hydrogen-bond acceptors (Lipinski definition) is 4. The predicted molar refractivity (Wildman–Crippen MR) is 120 cm³/mol. The van der Waals surface area contributed by atoms with Crippen LogP contribution in [0, 0.1) is 0 Å². The van der Waals surface area contributed by atoms with Crippen molar-refractivity contribution in [1.82, 2.24) is 0 Å². The van der Waals surface area contributed by atoms with Crippen LogP contribution in [0.2, 0.25) is 0 Å². The SMILES string of the molecule is CC1Oc2cc(NC(=O)Nc3ccccc3)ccc2N(CCOc2ccccc2)C1=O. The molecule has 1 aliphatic heterocycles. The second kappa shape index (κ2) is 9.21. The number of anilines is 3. The van der Waals surface area contributed by atoms with E-state index in [9.17, 15) is 9.59 Å². The third-order valence-electron chi connectivity index (χ3n) is 4.78. The summed E-state index contributed by atoms with van der Waals surface area (Å²) in [5, 5.41) is 5.55. The molecule has 0 aromatic heterocycles. The number of fused-ring (bicyclic) bond motifs is 1. The van der Waals surface area contributed by atoms with Crippen molar-refractivity contribution in [2.24, 2.45) is 0 Å². The number of benzene rings is 3. The zero-order valence-corrected chi connectivity index (χ0v) is 17.1. The minimum atomic E-state index is -0.627. The number of carbonyl (C=O) groups is 2. The molecule has 2 N–H and O–H groups in total. The normalized spacial score (nSPS) is 14.9. The minimum absolute atomic E-state index is 0.133. The Hall–Kier alpha value is -4.00. The van der Waals surface area contributed by atoms with Gasteiger partial charge in [0.05, 0.1) is 12.2 Å². The van der Waals surface area contributed by atoms with Crippen LogP contribution in [0.1, 0.15) is 6.92 Å². The van der Waals surface area contributed by atoms with Crippen LogP contribution in [0.25, 0.3) is 0 Å². The van der Waals surface area contributed by atoms with Gasteiger partial charge in [-0.05, 0) is 43.3 Å². The molecule has 7 nitrogen and oxygen atoms in total. The van der Waals surface area contributed by atoms with E-state index in [2.05, 4.69) is 10.6 Å². The minimum Gasteiger partial charge on any atom is -0.492 e. The zero-order chi connectivity index (χ0) is 21.6. The third kappa shape index (κ3) is 4.95. The van der Waals surface area contributed by atoms with Crippen molar-refractivity contribution in [2.45, 2.75) is 13.0 Å². The number of para-hydroxylation sites is 2. The van der Waals surface area contributed by atoms with Crippen LogP contribution >= 0.6 is 0 Å². The molecule has 1 atom stereocenters. The van der Waals surface area contributed by atoms with Crippen molar-refractivity contribution in [3.63, 3.8) is 0 Å². The van der Waals surface area contributed by atoms with Crippen LogP contribution in [0.4, 0.5) is 21.9 Å². The van der Waals surface area contributed by atoms with Crippen molar-refractivity contribution in [1.29, 1.82) is 0 Å². The maximum Gasteiger partial charge on any atom is 0.323 e. The Morgan fingerprint density at radius 3 is 2.39 bits per heavy atom. The summed E-state index contributed by atoms with van der Waals surface area (Å²) < 4.78 is 11.5. The van der Waals surface area contributed by atoms with Crippen LogP contribution in [-0.2, 0) is 4.79 Å². The maximum absolute atomic E-state index is 12.7. The van der Waals surface area contributed by atoms with Gasteiger partial charge in [-0.25, -0.2) is 4.79 Å². The van der Waals surface area contributed by atoms with Gasteiger partial charge in [0.15, 0.2) is 6.10 Å². The van der Waals surface area contributed by atoms with Gasteiger partial charge >= 0.3 is 6.03 Å². The summed E-state index contributed by atoms with van der Waals surface area (Å²) in [5.41, 5.74) is 1.90. The highest BCUT2D eigenvalue weighted by Gasteiger charge is 2.31. The monoisotopic (exact) mass is 417 g/mol. The zero-order valence-electron chi connectivity index (χ0n) is 17.1. The predicted octanol–water partition coefficient (Wildman–Crippen LogP) is 4.52. The highest BCUT2D eigenvalue weighted by molar-refractivity contribution is 6.02. The molecule has 7 heteroatoms. The Labute approximate surface area is 180 Å². The number of hydrogen-bond donors (Lipinski definition) is 2. The lowest BCUT2D eigenvalue weighted by Crippen LogP contribution is -2.46. The summed E-state index contributed by atoms with van der Waals surface area (Å²) in [5.74, 6) is 1.15. The fraction of sp³-hybridized carbons (Fsp3) is 0.167. The molecule has 4 rings (SSSR count). The lowest BCUT2D eigenvalue weighted by molar-refractivity contribution is -0.125. The number of urea groups is 1. The van der Waals surface area contributed by atoms with Gasteiger partial charge in [0.2, 0.25) is 0 Å². The number of ether oxygens (including phenoxy) is 2. The van der Waals surface area contributed by atoms with E-state index in [0.29, 0.717) is 36.0 Å². The van der Waals surface area contributed by atoms with Gasteiger partial charge in [-0.3, -0.25) is 4.79 Å². The average Bonchev–Trinajstić information content (AvgIpc) is 2.77. The summed E-state index contributed by atoms with van der Waals surface area (Å²) in [6.45, 7) is 2.44. The van der Waals surface area contributed by atoms with Crippen LogP contribution in [0.3, 0.4) is 0 Å². The highest BCUT2D eigenvalue weighted by atomic mass is 16.5. The van der Waals surface area contributed by atoms with Gasteiger partial charge in [0, 0.05) is 17.4 Å². The molecule has 3 aromatic carbocycles. The number of carbonyl (C=O) groups excluding carboxylic acids is 2. The van der Waals surface area contributed by atoms with Gasteiger partial charge < -0.3 is 25.0 Å². The Balaban J connectivity index is 1.43. The molecule has 0 saturated carbocycles. The number of nitrogens with zero attached hydrogens (tertiary/aromatic N) is 1. The Bertz CT molecular complexity index is 1060. The first-order valence-electron chi connectivity index (χ1n) is 10.0. The first-order chi connectivity index (χ1) is 15.1. The van der Waals surface area contributed by atoms with Crippen molar-refractivity contribution in [2.75, 3.05) is 28.7 Å². The van der Waals surface area contributed by atoms with Gasteiger partial charge in [0.25, 0.3) is 5.91 Å². The number of amides is 3. The molecule has 3 amide bonds. The average molecular weight is 417 g/mol. The summed E-state index contributed by atoms with van der Waals surface area (Å²) in [6, 6.07) is 23.5. The maximum atomic E-state index is 12.7. The Morgan fingerprint density at radius 2 is 1.65 bits per heavy atom. The molecule has 1 aliphatic rings. The lowest BCUT2D eigenvalue weighted by Gasteiger charge is -2.33. The van der Waals surface area contributed by atoms with E-state index in [1.165, 1.54) is 0 Å². The van der Waals surface area contributed by atoms with Crippen LogP contribution < -0.4 is 25.0 Å². The fourth-order valence-electron chi connectivity index (χ4n) is 3.31. The van der Waals surface area contributed by atoms with Gasteiger partial charge in [0.1, 0.15) is 18.1 Å². The van der Waals surface area contributed by atoms with Crippen LogP contribution in [0.15, 0.2) is 78.9 Å². The standard InChI is InChI=1S/C24H23N3O4/c1-17-23(28)27(14-15-30-20-10-6-3-7-11-20)21-13-12-19(16-22(21)31-17)26-24(29)25-18-8-4-2-5-9-18/h2-13,16-17H,14-15H2,1H3,(H2,25,26,29). The molecule has 0 saturated heterocycles. The van der Waals surface area contributed by atoms with E-state index in [1.807, 2.05) is 48.5 Å². The molecular weight excluding hydrogens is 394 g/mol. The molecule has 31 heavy (non-hydrogen) atoms. The van der Waals surface area contributed by atoms with E-state index in [0.717, 1.165) is 5.75 Å². The molecule has 0 aliphatic carbocycles. The molecule has 1 unspecified atom stereocenters. The van der Waals surface area contributed by atoms with Crippen LogP contribution in [-0.4, -0.2) is 31.2 Å². The van der Waals surface area contributed by atoms with Crippen molar-refractivity contribution in [3.8, 4) is 11.5 Å². The molecule has 3 aromatic rings. The summed E-state index contributed by atoms with van der Waals surface area (Å²) in [6.07, 6.45) is -0.627. The van der Waals surface area contributed by atoms with Gasteiger partial charge in [-0.1, -0.05) is 36.4 Å². The molecule has 0 fully saturated rings. The van der Waals surface area contributed by atoms with E-state index in [4.69, 9.17) is 9.47 Å². The second-order valence-electron chi connectivity index (χ2n) is 7.04. The van der Waals surface area contributed by atoms with E-state index in [1.54, 1.807) is 42.2 Å². The Kier molecular flexibility index (Phi) is 6.03. The summed E-state index contributed by atoms with van der Waals surface area (Å²) in [4.78, 5) is 26.6. The molecule has 0 bridgehead atoms. The van der Waals surface area contributed by atoms with Crippen molar-refractivity contribution >= 4 is 29.0 Å². The van der Waals surface area contributed by atoms with E-state index >= 15 is 0 Å². The van der Waals surface area contributed by atoms with Gasteiger partial charge in [-0.2, -0.15) is 0 Å². The summed E-state index contributed by atoms with van der Waals surface area (Å²) in [7, 11) is 0. The first-order valence-corrected chi connectivity index (χ1v) is 10.0. The fourth-order valence-corrected chi connectivity index (χ4v) is 3.31.